The highest BCUT2D eigenvalue weighted by Gasteiger charge is 2.20. The third-order valence-corrected chi connectivity index (χ3v) is 1.99. The Morgan fingerprint density at radius 3 is 3.00 bits per heavy atom. The van der Waals surface area contributed by atoms with Gasteiger partial charge in [0, 0.05) is 11.1 Å². The van der Waals surface area contributed by atoms with E-state index < -0.39 is 0 Å². The van der Waals surface area contributed by atoms with Crippen LogP contribution in [-0.4, -0.2) is 11.8 Å². The predicted molar refractivity (Wildman–Crippen MR) is 46.6 cm³/mol. The van der Waals surface area contributed by atoms with Gasteiger partial charge in [-0.15, -0.1) is 0 Å². The minimum Gasteiger partial charge on any atom is -0.457 e. The molecular weight excluding hydrogens is 168 g/mol. The highest BCUT2D eigenvalue weighted by atomic mass is 16.5. The normalized spacial score (nSPS) is 13.7. The maximum atomic E-state index is 11.0. The van der Waals surface area contributed by atoms with Crippen LogP contribution in [-0.2, 0) is 11.3 Å². The van der Waals surface area contributed by atoms with Crippen molar-refractivity contribution < 1.29 is 9.53 Å². The van der Waals surface area contributed by atoms with Gasteiger partial charge in [-0.05, 0) is 12.1 Å². The number of hydrogen-bond acceptors (Lipinski definition) is 3. The van der Waals surface area contributed by atoms with Crippen molar-refractivity contribution in [1.82, 2.24) is 0 Å². The Labute approximate surface area is 74.8 Å². The van der Waals surface area contributed by atoms with Crippen molar-refractivity contribution in [2.45, 2.75) is 6.61 Å². The maximum Gasteiger partial charge on any atom is 0.338 e. The number of hydrogen-bond donors (Lipinski definition) is 2. The molecule has 0 atom stereocenters. The number of amidine groups is 1. The van der Waals surface area contributed by atoms with E-state index in [1.54, 1.807) is 18.2 Å². The minimum atomic E-state index is -0.301. The number of fused-ring (bicyclic) bond motifs is 1. The first-order valence-electron chi connectivity index (χ1n) is 3.83. The van der Waals surface area contributed by atoms with Gasteiger partial charge < -0.3 is 10.5 Å². The molecule has 0 radical (unpaired) electrons. The van der Waals surface area contributed by atoms with Gasteiger partial charge in [0.25, 0.3) is 0 Å². The topological polar surface area (TPSA) is 76.2 Å². The van der Waals surface area contributed by atoms with Crippen molar-refractivity contribution in [1.29, 1.82) is 5.41 Å². The van der Waals surface area contributed by atoms with Gasteiger partial charge >= 0.3 is 5.97 Å². The molecule has 4 nitrogen and oxygen atoms in total. The lowest BCUT2D eigenvalue weighted by Crippen LogP contribution is -2.11. The fourth-order valence-electron chi connectivity index (χ4n) is 1.30. The summed E-state index contributed by atoms with van der Waals surface area (Å²) in [4.78, 5) is 11.0. The van der Waals surface area contributed by atoms with Gasteiger partial charge in [0.2, 0.25) is 0 Å². The molecule has 1 heterocycles. The lowest BCUT2D eigenvalue weighted by atomic mass is 10.1. The van der Waals surface area contributed by atoms with Crippen LogP contribution in [0.5, 0.6) is 0 Å². The molecule has 1 aromatic rings. The zero-order valence-corrected chi connectivity index (χ0v) is 6.83. The Hall–Kier alpha value is -1.84. The number of nitrogens with two attached hydrogens (primary N) is 1. The van der Waals surface area contributed by atoms with E-state index in [4.69, 9.17) is 15.9 Å². The fourth-order valence-corrected chi connectivity index (χ4v) is 1.30. The zero-order chi connectivity index (χ0) is 9.42. The molecule has 0 spiro atoms. The summed E-state index contributed by atoms with van der Waals surface area (Å²) in [5.41, 5.74) is 7.30. The van der Waals surface area contributed by atoms with Gasteiger partial charge in [0.1, 0.15) is 12.4 Å². The van der Waals surface area contributed by atoms with Gasteiger partial charge in [-0.2, -0.15) is 0 Å². The second-order valence-electron chi connectivity index (χ2n) is 2.86. The van der Waals surface area contributed by atoms with Crippen LogP contribution in [0.3, 0.4) is 0 Å². The number of ether oxygens (including phenoxy) is 1. The van der Waals surface area contributed by atoms with E-state index in [-0.39, 0.29) is 18.4 Å². The van der Waals surface area contributed by atoms with Gasteiger partial charge in [-0.25, -0.2) is 4.79 Å². The predicted octanol–water partition coefficient (Wildman–Crippen LogP) is 0.641. The molecule has 0 unspecified atom stereocenters. The van der Waals surface area contributed by atoms with E-state index in [0.717, 1.165) is 5.56 Å². The molecule has 13 heavy (non-hydrogen) atoms. The lowest BCUT2D eigenvalue weighted by molar-refractivity contribution is 0.0535. The quantitative estimate of drug-likeness (QED) is 0.374. The van der Waals surface area contributed by atoms with Crippen LogP contribution in [0.25, 0.3) is 0 Å². The second-order valence-corrected chi connectivity index (χ2v) is 2.86. The Balaban J connectivity index is 2.51. The molecule has 4 heteroatoms. The van der Waals surface area contributed by atoms with E-state index in [2.05, 4.69) is 0 Å². The number of rotatable bonds is 1. The molecule has 1 aliphatic heterocycles. The van der Waals surface area contributed by atoms with E-state index in [1.165, 1.54) is 0 Å². The van der Waals surface area contributed by atoms with Crippen LogP contribution in [0, 0.1) is 5.41 Å². The van der Waals surface area contributed by atoms with E-state index in [0.29, 0.717) is 11.1 Å². The van der Waals surface area contributed by atoms with Crippen molar-refractivity contribution in [3.05, 3.63) is 34.9 Å². The van der Waals surface area contributed by atoms with E-state index in [1.807, 2.05) is 0 Å². The molecule has 0 amide bonds. The molecule has 0 bridgehead atoms. The molecular formula is C9H8N2O2. The van der Waals surface area contributed by atoms with Crippen molar-refractivity contribution in [3.8, 4) is 0 Å². The third-order valence-electron chi connectivity index (χ3n) is 1.99. The van der Waals surface area contributed by atoms with Gasteiger partial charge in [-0.1, -0.05) is 6.07 Å². The van der Waals surface area contributed by atoms with Crippen LogP contribution < -0.4 is 5.73 Å². The number of cyclic esters (lactones) is 1. The van der Waals surface area contributed by atoms with Gasteiger partial charge in [0.15, 0.2) is 0 Å². The first kappa shape index (κ1) is 7.79. The van der Waals surface area contributed by atoms with Crippen molar-refractivity contribution in [2.75, 3.05) is 0 Å². The molecule has 1 aromatic carbocycles. The average Bonchev–Trinajstić information content (AvgIpc) is 2.47. The maximum absolute atomic E-state index is 11.0. The average molecular weight is 176 g/mol. The highest BCUT2D eigenvalue weighted by Crippen LogP contribution is 2.20. The number of carbonyl (C=O) groups excluding carboxylic acids is 1. The van der Waals surface area contributed by atoms with Crippen LogP contribution in [0.15, 0.2) is 18.2 Å². The summed E-state index contributed by atoms with van der Waals surface area (Å²) in [6.07, 6.45) is 0. The minimum absolute atomic E-state index is 0.00199. The van der Waals surface area contributed by atoms with Crippen LogP contribution in [0.4, 0.5) is 0 Å². The summed E-state index contributed by atoms with van der Waals surface area (Å²) >= 11 is 0. The van der Waals surface area contributed by atoms with Gasteiger partial charge in [-0.3, -0.25) is 5.41 Å². The molecule has 0 aliphatic carbocycles. The number of nitrogens with one attached hydrogen (secondary N) is 1. The Morgan fingerprint density at radius 2 is 2.31 bits per heavy atom. The summed E-state index contributed by atoms with van der Waals surface area (Å²) in [5, 5.41) is 7.20. The Morgan fingerprint density at radius 1 is 1.54 bits per heavy atom. The molecule has 0 aromatic heterocycles. The van der Waals surface area contributed by atoms with Crippen molar-refractivity contribution in [3.63, 3.8) is 0 Å². The van der Waals surface area contributed by atoms with Crippen LogP contribution >= 0.6 is 0 Å². The third kappa shape index (κ3) is 1.16. The molecule has 1 aliphatic rings. The van der Waals surface area contributed by atoms with E-state index in [9.17, 15) is 4.79 Å². The molecule has 0 saturated heterocycles. The smallest absolute Gasteiger partial charge is 0.338 e. The number of carbonyl (C=O) groups is 1. The largest absolute Gasteiger partial charge is 0.457 e. The number of nitrogen functional groups attached to an aromatic ring is 1. The highest BCUT2D eigenvalue weighted by molar-refractivity contribution is 5.98. The first-order chi connectivity index (χ1) is 6.18. The standard InChI is InChI=1S/C9H8N2O2/c10-8(11)5-1-2-7-6(3-5)4-13-9(7)12/h1-3H,4H2,(H3,10,11). The zero-order valence-electron chi connectivity index (χ0n) is 6.83. The van der Waals surface area contributed by atoms with Crippen LogP contribution in [0.2, 0.25) is 0 Å². The molecule has 2 rings (SSSR count). The second kappa shape index (κ2) is 2.58. The summed E-state index contributed by atoms with van der Waals surface area (Å²) < 4.78 is 4.81. The van der Waals surface area contributed by atoms with Crippen molar-refractivity contribution >= 4 is 11.8 Å². The SMILES string of the molecule is N=C(N)c1ccc2c(c1)COC2=O. The monoisotopic (exact) mass is 176 g/mol. The summed E-state index contributed by atoms with van der Waals surface area (Å²) in [7, 11) is 0. The number of esters is 1. The fraction of sp³-hybridized carbons (Fsp3) is 0.111. The van der Waals surface area contributed by atoms with Gasteiger partial charge in [0.05, 0.1) is 5.56 Å². The van der Waals surface area contributed by atoms with Crippen molar-refractivity contribution in [2.24, 2.45) is 5.73 Å². The first-order valence-corrected chi connectivity index (χ1v) is 3.83. The summed E-state index contributed by atoms with van der Waals surface area (Å²) in [6, 6.07) is 5.00. The molecule has 0 fully saturated rings. The molecule has 0 saturated carbocycles. The lowest BCUT2D eigenvalue weighted by Gasteiger charge is -1.99. The van der Waals surface area contributed by atoms with Crippen LogP contribution in [0.1, 0.15) is 21.5 Å². The molecule has 3 N–H and O–H groups in total. The molecule has 66 valence electrons. The summed E-state index contributed by atoms with van der Waals surface area (Å²) in [6.45, 7) is 0.287. The van der Waals surface area contributed by atoms with E-state index >= 15 is 0 Å². The number of benzene rings is 1. The Kier molecular flexibility index (Phi) is 1.55. The Bertz CT molecular complexity index is 399. The summed E-state index contributed by atoms with van der Waals surface area (Å²) in [5.74, 6) is -0.299.